The van der Waals surface area contributed by atoms with Gasteiger partial charge in [0.15, 0.2) is 0 Å². The van der Waals surface area contributed by atoms with Crippen LogP contribution in [0.4, 0.5) is 0 Å². The van der Waals surface area contributed by atoms with Crippen LogP contribution in [0.25, 0.3) is 0 Å². The summed E-state index contributed by atoms with van der Waals surface area (Å²) in [5.74, 6) is 0. The van der Waals surface area contributed by atoms with Crippen LogP contribution in [-0.4, -0.2) is 6.54 Å². The molecule has 0 bridgehead atoms. The normalized spacial score (nSPS) is 16.4. The van der Waals surface area contributed by atoms with Gasteiger partial charge in [-0.25, -0.2) is 0 Å². The molecule has 0 spiro atoms. The van der Waals surface area contributed by atoms with E-state index in [-0.39, 0.29) is 10.8 Å². The van der Waals surface area contributed by atoms with Crippen LogP contribution in [-0.2, 0) is 0 Å². The highest BCUT2D eigenvalue weighted by atomic mass is 14.6. The average molecular weight is 268 g/mol. The summed E-state index contributed by atoms with van der Waals surface area (Å²) in [4.78, 5) is 0. The van der Waals surface area contributed by atoms with Crippen LogP contribution in [0.5, 0.6) is 0 Å². The maximum atomic E-state index is 6.38. The first kappa shape index (κ1) is 18.5. The van der Waals surface area contributed by atoms with E-state index in [1.165, 1.54) is 19.3 Å². The van der Waals surface area contributed by atoms with Crippen LogP contribution in [0.1, 0.15) is 79.6 Å². The van der Waals surface area contributed by atoms with Crippen LogP contribution in [0, 0.1) is 10.8 Å². The predicted octanol–water partition coefficient (Wildman–Crippen LogP) is 4.59. The minimum atomic E-state index is 0.116. The van der Waals surface area contributed by atoms with Crippen LogP contribution in [0.2, 0.25) is 0 Å². The van der Waals surface area contributed by atoms with E-state index in [0.717, 1.165) is 37.9 Å². The van der Waals surface area contributed by atoms with Gasteiger partial charge in [0.2, 0.25) is 0 Å². The van der Waals surface area contributed by atoms with Gasteiger partial charge in [-0.3, -0.25) is 0 Å². The summed E-state index contributed by atoms with van der Waals surface area (Å²) in [6, 6.07) is 0. The van der Waals surface area contributed by atoms with Crippen molar-refractivity contribution in [2.75, 3.05) is 6.54 Å². The molecule has 4 N–H and O–H groups in total. The molecule has 0 aromatic heterocycles. The van der Waals surface area contributed by atoms with Gasteiger partial charge in [0.05, 0.1) is 0 Å². The lowest BCUT2D eigenvalue weighted by Crippen LogP contribution is -2.31. The monoisotopic (exact) mass is 268 g/mol. The Morgan fingerprint density at radius 2 is 1.74 bits per heavy atom. The van der Waals surface area contributed by atoms with Crippen LogP contribution >= 0.6 is 0 Å². The van der Waals surface area contributed by atoms with Crippen molar-refractivity contribution in [1.82, 2.24) is 0 Å². The third-order valence-electron chi connectivity index (χ3n) is 4.34. The number of unbranched alkanes of at least 4 members (excludes halogenated alkanes) is 3. The third-order valence-corrected chi connectivity index (χ3v) is 4.34. The summed E-state index contributed by atoms with van der Waals surface area (Å²) in [7, 11) is 0. The standard InChI is InChI=1S/C17H36N2/c1-6-8-9-10-11-15(19)17(5,7-2)14-16(3,4)12-13-18/h11H,6-10,12-14,18-19H2,1-5H3. The molecule has 0 heterocycles. The second-order valence-corrected chi connectivity index (χ2v) is 6.95. The fraction of sp³-hybridized carbons (Fsp3) is 0.882. The minimum Gasteiger partial charge on any atom is -0.402 e. The zero-order valence-corrected chi connectivity index (χ0v) is 13.9. The first-order valence-electron chi connectivity index (χ1n) is 7.97. The smallest absolute Gasteiger partial charge is 0.0100 e. The summed E-state index contributed by atoms with van der Waals surface area (Å²) in [5, 5.41) is 0. The average Bonchev–Trinajstić information content (AvgIpc) is 2.33. The van der Waals surface area contributed by atoms with Crippen molar-refractivity contribution in [2.24, 2.45) is 22.3 Å². The van der Waals surface area contributed by atoms with Crippen molar-refractivity contribution in [3.8, 4) is 0 Å². The molecule has 0 aliphatic heterocycles. The number of nitrogens with two attached hydrogens (primary N) is 2. The first-order valence-corrected chi connectivity index (χ1v) is 7.97. The minimum absolute atomic E-state index is 0.116. The molecule has 0 aliphatic rings. The Balaban J connectivity index is 4.65. The third kappa shape index (κ3) is 7.00. The van der Waals surface area contributed by atoms with Gasteiger partial charge < -0.3 is 11.5 Å². The molecular weight excluding hydrogens is 232 g/mol. The van der Waals surface area contributed by atoms with Crippen LogP contribution < -0.4 is 11.5 Å². The zero-order chi connectivity index (χ0) is 14.9. The van der Waals surface area contributed by atoms with Crippen molar-refractivity contribution < 1.29 is 0 Å². The lowest BCUT2D eigenvalue weighted by Gasteiger charge is -2.37. The Morgan fingerprint density at radius 1 is 1.11 bits per heavy atom. The Morgan fingerprint density at radius 3 is 2.21 bits per heavy atom. The molecule has 0 saturated carbocycles. The van der Waals surface area contributed by atoms with Gasteiger partial charge in [-0.2, -0.15) is 0 Å². The lowest BCUT2D eigenvalue weighted by atomic mass is 9.69. The first-order chi connectivity index (χ1) is 8.81. The largest absolute Gasteiger partial charge is 0.402 e. The van der Waals surface area contributed by atoms with E-state index in [2.05, 4.69) is 40.7 Å². The molecule has 0 aliphatic carbocycles. The van der Waals surface area contributed by atoms with E-state index in [0.29, 0.717) is 0 Å². The van der Waals surface area contributed by atoms with E-state index in [9.17, 15) is 0 Å². The van der Waals surface area contributed by atoms with Gasteiger partial charge in [-0.05, 0) is 44.1 Å². The summed E-state index contributed by atoms with van der Waals surface area (Å²) >= 11 is 0. The van der Waals surface area contributed by atoms with Crippen molar-refractivity contribution >= 4 is 0 Å². The second-order valence-electron chi connectivity index (χ2n) is 6.95. The molecule has 2 nitrogen and oxygen atoms in total. The van der Waals surface area contributed by atoms with Crippen LogP contribution in [0.15, 0.2) is 11.8 Å². The molecule has 2 heteroatoms. The van der Waals surface area contributed by atoms with Gasteiger partial charge in [0.25, 0.3) is 0 Å². The summed E-state index contributed by atoms with van der Waals surface area (Å²) in [5.41, 5.74) is 13.6. The maximum Gasteiger partial charge on any atom is 0.0100 e. The molecule has 0 aromatic rings. The summed E-state index contributed by atoms with van der Waals surface area (Å²) < 4.78 is 0. The van der Waals surface area contributed by atoms with Crippen LogP contribution in [0.3, 0.4) is 0 Å². The lowest BCUT2D eigenvalue weighted by molar-refractivity contribution is 0.192. The van der Waals surface area contributed by atoms with Gasteiger partial charge in [-0.1, -0.05) is 53.5 Å². The molecule has 0 fully saturated rings. The molecule has 0 amide bonds. The molecule has 19 heavy (non-hydrogen) atoms. The van der Waals surface area contributed by atoms with Crippen molar-refractivity contribution in [3.63, 3.8) is 0 Å². The Bertz CT molecular complexity index is 268. The molecule has 0 rings (SSSR count). The topological polar surface area (TPSA) is 52.0 Å². The van der Waals surface area contributed by atoms with E-state index < -0.39 is 0 Å². The van der Waals surface area contributed by atoms with Gasteiger partial charge in [-0.15, -0.1) is 0 Å². The fourth-order valence-electron chi connectivity index (χ4n) is 2.86. The Kier molecular flexibility index (Phi) is 8.40. The highest BCUT2D eigenvalue weighted by Crippen LogP contribution is 2.41. The molecular formula is C17H36N2. The molecule has 1 atom stereocenters. The second kappa shape index (κ2) is 8.63. The molecule has 0 radical (unpaired) electrons. The summed E-state index contributed by atoms with van der Waals surface area (Å²) in [6.45, 7) is 12.1. The highest BCUT2D eigenvalue weighted by Gasteiger charge is 2.32. The maximum absolute atomic E-state index is 6.38. The van der Waals surface area contributed by atoms with Gasteiger partial charge in [0, 0.05) is 11.1 Å². The molecule has 0 aromatic carbocycles. The quantitative estimate of drug-likeness (QED) is 0.569. The zero-order valence-electron chi connectivity index (χ0n) is 13.9. The number of allylic oxidation sites excluding steroid dienone is 2. The fourth-order valence-corrected chi connectivity index (χ4v) is 2.86. The molecule has 114 valence electrons. The van der Waals surface area contributed by atoms with E-state index >= 15 is 0 Å². The molecule has 1 unspecified atom stereocenters. The molecule has 0 saturated heterocycles. The van der Waals surface area contributed by atoms with E-state index in [4.69, 9.17) is 11.5 Å². The Hall–Kier alpha value is -0.500. The van der Waals surface area contributed by atoms with Gasteiger partial charge >= 0.3 is 0 Å². The predicted molar refractivity (Wildman–Crippen MR) is 86.9 cm³/mol. The van der Waals surface area contributed by atoms with E-state index in [1.54, 1.807) is 0 Å². The van der Waals surface area contributed by atoms with E-state index in [1.807, 2.05) is 0 Å². The van der Waals surface area contributed by atoms with Crippen molar-refractivity contribution in [2.45, 2.75) is 79.6 Å². The van der Waals surface area contributed by atoms with Gasteiger partial charge in [0.1, 0.15) is 0 Å². The Labute approximate surface area is 121 Å². The van der Waals surface area contributed by atoms with Crippen molar-refractivity contribution in [1.29, 1.82) is 0 Å². The highest BCUT2D eigenvalue weighted by molar-refractivity contribution is 5.10. The number of hydrogen-bond acceptors (Lipinski definition) is 2. The summed E-state index contributed by atoms with van der Waals surface area (Å²) in [6.07, 6.45) is 10.5. The number of rotatable bonds is 10. The SMILES string of the molecule is CCCCCC=C(N)C(C)(CC)CC(C)(C)CCN. The number of hydrogen-bond donors (Lipinski definition) is 2. The van der Waals surface area contributed by atoms with Crippen molar-refractivity contribution in [3.05, 3.63) is 11.8 Å².